The fraction of sp³-hybridized carbons (Fsp3) is 0.500. The number of ketones is 1. The first-order valence-electron chi connectivity index (χ1n) is 8.92. The lowest BCUT2D eigenvalue weighted by atomic mass is 9.90. The lowest BCUT2D eigenvalue weighted by Crippen LogP contribution is -2.39. The Morgan fingerprint density at radius 1 is 0.923 bits per heavy atom. The smallest absolute Gasteiger partial charge is 0.292 e. The Labute approximate surface area is 154 Å². The largest absolute Gasteiger partial charge is 0.334 e. The van der Waals surface area contributed by atoms with Crippen LogP contribution in [0.2, 0.25) is 0 Å². The van der Waals surface area contributed by atoms with E-state index in [9.17, 15) is 19.2 Å². The number of amides is 4. The second kappa shape index (κ2) is 7.40. The molecular weight excluding hydrogens is 332 g/mol. The quantitative estimate of drug-likeness (QED) is 0.444. The van der Waals surface area contributed by atoms with Crippen molar-refractivity contribution in [2.45, 2.75) is 59.4 Å². The van der Waals surface area contributed by atoms with Gasteiger partial charge in [-0.1, -0.05) is 45.9 Å². The van der Waals surface area contributed by atoms with Gasteiger partial charge in [0.15, 0.2) is 5.78 Å². The Morgan fingerprint density at radius 3 is 2.00 bits per heavy atom. The lowest BCUT2D eigenvalue weighted by Gasteiger charge is -2.19. The van der Waals surface area contributed by atoms with Gasteiger partial charge in [0.25, 0.3) is 0 Å². The first-order chi connectivity index (χ1) is 12.1. The van der Waals surface area contributed by atoms with Crippen LogP contribution in [-0.2, 0) is 9.59 Å². The molecule has 1 saturated heterocycles. The molecule has 0 N–H and O–H groups in total. The minimum atomic E-state index is -0.943. The highest BCUT2D eigenvalue weighted by atomic mass is 16.2. The van der Waals surface area contributed by atoms with Crippen LogP contribution in [0.25, 0.3) is 0 Å². The zero-order valence-electron chi connectivity index (χ0n) is 16.2. The summed E-state index contributed by atoms with van der Waals surface area (Å²) in [6.45, 7) is 11.0. The van der Waals surface area contributed by atoms with E-state index in [0.717, 1.165) is 20.9 Å². The molecule has 1 fully saturated rings. The van der Waals surface area contributed by atoms with Crippen molar-refractivity contribution in [2.75, 3.05) is 6.54 Å². The molecule has 0 bridgehead atoms. The van der Waals surface area contributed by atoms with Crippen molar-refractivity contribution in [1.82, 2.24) is 9.80 Å². The van der Waals surface area contributed by atoms with Crippen LogP contribution < -0.4 is 0 Å². The molecule has 0 radical (unpaired) electrons. The Hall–Kier alpha value is -2.50. The van der Waals surface area contributed by atoms with E-state index in [2.05, 4.69) is 13.8 Å². The average molecular weight is 358 g/mol. The van der Waals surface area contributed by atoms with Crippen LogP contribution in [-0.4, -0.2) is 46.0 Å². The molecule has 6 nitrogen and oxygen atoms in total. The summed E-state index contributed by atoms with van der Waals surface area (Å²) < 4.78 is 0. The molecular formula is C20H26N2O4. The molecule has 1 aliphatic heterocycles. The van der Waals surface area contributed by atoms with Gasteiger partial charge >= 0.3 is 17.8 Å². The van der Waals surface area contributed by atoms with E-state index in [4.69, 9.17) is 0 Å². The van der Waals surface area contributed by atoms with Gasteiger partial charge in [-0.2, -0.15) is 0 Å². The highest BCUT2D eigenvalue weighted by molar-refractivity contribution is 6.45. The molecule has 1 aromatic carbocycles. The van der Waals surface area contributed by atoms with Gasteiger partial charge in [0, 0.05) is 11.6 Å². The van der Waals surface area contributed by atoms with Crippen LogP contribution >= 0.6 is 0 Å². The number of carbonyl (C=O) groups is 4. The molecule has 1 aliphatic rings. The molecule has 140 valence electrons. The highest BCUT2D eigenvalue weighted by Gasteiger charge is 2.46. The van der Waals surface area contributed by atoms with Crippen molar-refractivity contribution < 1.29 is 19.2 Å². The molecule has 0 aromatic heterocycles. The maximum Gasteiger partial charge on any atom is 0.334 e. The molecule has 0 aliphatic carbocycles. The second-order valence-corrected chi connectivity index (χ2v) is 7.52. The summed E-state index contributed by atoms with van der Waals surface area (Å²) in [6.07, 6.45) is 0. The number of urea groups is 1. The summed E-state index contributed by atoms with van der Waals surface area (Å²) in [6, 6.07) is 4.48. The van der Waals surface area contributed by atoms with Crippen molar-refractivity contribution >= 4 is 23.6 Å². The maximum absolute atomic E-state index is 12.8. The van der Waals surface area contributed by atoms with Gasteiger partial charge in [-0.05, 0) is 36.8 Å². The number of benzene rings is 1. The SMILES string of the molecule is CC(C)c1ccc(C(=O)CN2C(=O)C(=O)N(C(C)C)C2=O)c(C(C)C)c1. The molecule has 0 spiro atoms. The number of nitrogens with zero attached hydrogens (tertiary/aromatic N) is 2. The van der Waals surface area contributed by atoms with Crippen molar-refractivity contribution in [1.29, 1.82) is 0 Å². The van der Waals surface area contributed by atoms with Gasteiger partial charge in [-0.25, -0.2) is 9.69 Å². The third-order valence-corrected chi connectivity index (χ3v) is 4.57. The third kappa shape index (κ3) is 3.54. The van der Waals surface area contributed by atoms with Crippen LogP contribution in [0.4, 0.5) is 4.79 Å². The number of imide groups is 2. The van der Waals surface area contributed by atoms with Gasteiger partial charge in [-0.15, -0.1) is 0 Å². The number of rotatable bonds is 6. The normalized spacial score (nSPS) is 15.2. The van der Waals surface area contributed by atoms with Crippen LogP contribution in [0.3, 0.4) is 0 Å². The maximum atomic E-state index is 12.8. The minimum Gasteiger partial charge on any atom is -0.292 e. The predicted octanol–water partition coefficient (Wildman–Crippen LogP) is 3.32. The molecule has 0 atom stereocenters. The Kier molecular flexibility index (Phi) is 5.64. The minimum absolute atomic E-state index is 0.117. The van der Waals surface area contributed by atoms with E-state index < -0.39 is 30.4 Å². The Bertz CT molecular complexity index is 765. The van der Waals surface area contributed by atoms with E-state index in [1.807, 2.05) is 26.0 Å². The molecule has 1 aromatic rings. The number of hydrogen-bond donors (Lipinski definition) is 0. The fourth-order valence-corrected chi connectivity index (χ4v) is 3.02. The van der Waals surface area contributed by atoms with E-state index in [1.165, 1.54) is 0 Å². The van der Waals surface area contributed by atoms with Crippen molar-refractivity contribution in [3.8, 4) is 0 Å². The van der Waals surface area contributed by atoms with Crippen LogP contribution in [0, 0.1) is 0 Å². The molecule has 1 heterocycles. The summed E-state index contributed by atoms with van der Waals surface area (Å²) in [5, 5.41) is 0. The second-order valence-electron chi connectivity index (χ2n) is 7.52. The topological polar surface area (TPSA) is 74.8 Å². The molecule has 26 heavy (non-hydrogen) atoms. The fourth-order valence-electron chi connectivity index (χ4n) is 3.02. The summed E-state index contributed by atoms with van der Waals surface area (Å²) in [5.41, 5.74) is 2.49. The zero-order chi connectivity index (χ0) is 19.8. The van der Waals surface area contributed by atoms with E-state index >= 15 is 0 Å². The highest BCUT2D eigenvalue weighted by Crippen LogP contribution is 2.26. The summed E-state index contributed by atoms with van der Waals surface area (Å²) in [5.74, 6) is -1.72. The molecule has 6 heteroatoms. The van der Waals surface area contributed by atoms with Crippen LogP contribution in [0.15, 0.2) is 18.2 Å². The molecule has 2 rings (SSSR count). The summed E-state index contributed by atoms with van der Waals surface area (Å²) in [4.78, 5) is 50.9. The lowest BCUT2D eigenvalue weighted by molar-refractivity contribution is -0.143. The molecule has 0 unspecified atom stereocenters. The number of carbonyl (C=O) groups excluding carboxylic acids is 4. The van der Waals surface area contributed by atoms with Crippen LogP contribution in [0.1, 0.15) is 74.9 Å². The first kappa shape index (κ1) is 19.8. The van der Waals surface area contributed by atoms with Gasteiger partial charge in [-0.3, -0.25) is 19.3 Å². The van der Waals surface area contributed by atoms with Crippen molar-refractivity contribution in [2.24, 2.45) is 0 Å². The van der Waals surface area contributed by atoms with Gasteiger partial charge in [0.2, 0.25) is 0 Å². The Morgan fingerprint density at radius 2 is 1.54 bits per heavy atom. The summed E-state index contributed by atoms with van der Waals surface area (Å²) in [7, 11) is 0. The Balaban J connectivity index is 2.32. The van der Waals surface area contributed by atoms with Gasteiger partial charge in [0.1, 0.15) is 0 Å². The predicted molar refractivity (Wildman–Crippen MR) is 98.0 cm³/mol. The monoisotopic (exact) mass is 358 g/mol. The number of Topliss-reactive ketones (excluding diaryl/α,β-unsaturated/α-hetero) is 1. The van der Waals surface area contributed by atoms with E-state index in [0.29, 0.717) is 11.5 Å². The van der Waals surface area contributed by atoms with Gasteiger partial charge < -0.3 is 0 Å². The van der Waals surface area contributed by atoms with Crippen molar-refractivity contribution in [3.05, 3.63) is 34.9 Å². The van der Waals surface area contributed by atoms with E-state index in [1.54, 1.807) is 19.9 Å². The van der Waals surface area contributed by atoms with Gasteiger partial charge in [0.05, 0.1) is 6.54 Å². The van der Waals surface area contributed by atoms with E-state index in [-0.39, 0.29) is 11.7 Å². The molecule has 0 saturated carbocycles. The number of hydrogen-bond acceptors (Lipinski definition) is 4. The molecule has 4 amide bonds. The summed E-state index contributed by atoms with van der Waals surface area (Å²) >= 11 is 0. The average Bonchev–Trinajstić information content (AvgIpc) is 2.77. The first-order valence-corrected chi connectivity index (χ1v) is 8.92. The van der Waals surface area contributed by atoms with Crippen molar-refractivity contribution in [3.63, 3.8) is 0 Å². The zero-order valence-corrected chi connectivity index (χ0v) is 16.2. The standard InChI is InChI=1S/C20H26N2O4/c1-11(2)14-7-8-15(16(9-14)12(3)4)17(23)10-21-18(24)19(25)22(13(5)6)20(21)26/h7-9,11-13H,10H2,1-6H3. The third-order valence-electron chi connectivity index (χ3n) is 4.57. The van der Waals surface area contributed by atoms with Crippen LogP contribution in [0.5, 0.6) is 0 Å².